The van der Waals surface area contributed by atoms with E-state index in [1.807, 2.05) is 0 Å². The van der Waals surface area contributed by atoms with Gasteiger partial charge >= 0.3 is 0 Å². The maximum Gasteiger partial charge on any atom is 0.148 e. The summed E-state index contributed by atoms with van der Waals surface area (Å²) in [4.78, 5) is 1.85. The zero-order chi connectivity index (χ0) is 13.0. The number of hydrogen-bond acceptors (Lipinski definition) is 1. The zero-order valence-electron chi connectivity index (χ0n) is 10.9. The smallest absolute Gasteiger partial charge is 0.148 e. The molecular weight excluding hydrogens is 254 g/mol. The highest BCUT2D eigenvalue weighted by Gasteiger charge is 2.50. The molecule has 2 heteroatoms. The van der Waals surface area contributed by atoms with Gasteiger partial charge < -0.3 is 0 Å². The maximum atomic E-state index is 7.14. The zero-order valence-corrected chi connectivity index (χ0v) is 11.7. The molecule has 2 aromatic rings. The van der Waals surface area contributed by atoms with Crippen molar-refractivity contribution in [1.82, 2.24) is 4.90 Å². The molecule has 2 bridgehead atoms. The first-order chi connectivity index (χ1) is 9.23. The van der Waals surface area contributed by atoms with E-state index in [1.165, 1.54) is 22.3 Å². The van der Waals surface area contributed by atoms with Crippen LogP contribution in [0, 0.1) is 0 Å². The molecule has 19 heavy (non-hydrogen) atoms. The van der Waals surface area contributed by atoms with Crippen LogP contribution in [-0.2, 0) is 11.4 Å². The first-order valence-electron chi connectivity index (χ1n) is 6.82. The summed E-state index contributed by atoms with van der Waals surface area (Å²) in [5.41, 5.74) is 5.30. The van der Waals surface area contributed by atoms with Gasteiger partial charge in [0, 0.05) is 6.04 Å². The topological polar surface area (TPSA) is 3.24 Å². The van der Waals surface area contributed by atoms with Crippen LogP contribution in [0.4, 0.5) is 0 Å². The highest BCUT2D eigenvalue weighted by molar-refractivity contribution is 6.26. The van der Waals surface area contributed by atoms with Crippen molar-refractivity contribution in [3.05, 3.63) is 70.8 Å². The molecule has 0 fully saturated rings. The van der Waals surface area contributed by atoms with Crippen LogP contribution in [0.3, 0.4) is 0 Å². The quantitative estimate of drug-likeness (QED) is 0.515. The van der Waals surface area contributed by atoms with E-state index in [1.54, 1.807) is 0 Å². The second kappa shape index (κ2) is 3.84. The van der Waals surface area contributed by atoms with Gasteiger partial charge in [0.15, 0.2) is 0 Å². The van der Waals surface area contributed by atoms with E-state index in [-0.39, 0.29) is 0 Å². The monoisotopic (exact) mass is 269 g/mol. The number of alkyl halides is 1. The number of rotatable bonds is 0. The molecule has 0 amide bonds. The highest BCUT2D eigenvalue weighted by Crippen LogP contribution is 2.55. The summed E-state index contributed by atoms with van der Waals surface area (Å²) in [5, 5.41) is 0. The van der Waals surface area contributed by atoms with Gasteiger partial charge in [-0.25, -0.2) is 0 Å². The molecule has 96 valence electrons. The summed E-state index contributed by atoms with van der Waals surface area (Å²) in [6.45, 7) is 0. The average molecular weight is 270 g/mol. The molecule has 2 aliphatic heterocycles. The Bertz CT molecular complexity index is 651. The number of benzene rings is 2. The number of fused-ring (bicyclic) bond motifs is 7. The second-order valence-electron chi connectivity index (χ2n) is 5.53. The Balaban J connectivity index is 2.07. The number of halogens is 1. The van der Waals surface area contributed by atoms with Gasteiger partial charge in [-0.15, -0.1) is 0 Å². The molecule has 0 radical (unpaired) electrons. The summed E-state index contributed by atoms with van der Waals surface area (Å²) in [6, 6.07) is 17.7. The summed E-state index contributed by atoms with van der Waals surface area (Å²) in [6.07, 6.45) is 2.24. The van der Waals surface area contributed by atoms with Crippen molar-refractivity contribution in [2.45, 2.75) is 23.9 Å². The minimum absolute atomic E-state index is 0.432. The Morgan fingerprint density at radius 2 is 1.74 bits per heavy atom. The molecule has 2 heterocycles. The van der Waals surface area contributed by atoms with Crippen LogP contribution < -0.4 is 0 Å². The average Bonchev–Trinajstić information content (AvgIpc) is 2.59. The lowest BCUT2D eigenvalue weighted by Gasteiger charge is -2.33. The molecule has 0 spiro atoms. The largest absolute Gasteiger partial charge is 0.273 e. The van der Waals surface area contributed by atoms with Crippen molar-refractivity contribution in [3.63, 3.8) is 0 Å². The van der Waals surface area contributed by atoms with E-state index in [0.29, 0.717) is 6.04 Å². The lowest BCUT2D eigenvalue weighted by molar-refractivity contribution is 0.201. The molecule has 0 aromatic heterocycles. The van der Waals surface area contributed by atoms with Gasteiger partial charge in [-0.3, -0.25) is 4.90 Å². The van der Waals surface area contributed by atoms with Crippen LogP contribution in [0.1, 0.15) is 34.7 Å². The molecule has 0 saturated carbocycles. The van der Waals surface area contributed by atoms with E-state index in [2.05, 4.69) is 60.5 Å². The SMILES string of the molecule is CN1C2CCc3ccccc3C1(Cl)c1ccccc12. The van der Waals surface area contributed by atoms with Crippen molar-refractivity contribution in [2.75, 3.05) is 7.05 Å². The Morgan fingerprint density at radius 3 is 2.58 bits per heavy atom. The molecule has 2 atom stereocenters. The van der Waals surface area contributed by atoms with E-state index in [0.717, 1.165) is 12.8 Å². The molecule has 0 N–H and O–H groups in total. The van der Waals surface area contributed by atoms with Gasteiger partial charge in [0.25, 0.3) is 0 Å². The number of nitrogens with zero attached hydrogens (tertiary/aromatic N) is 1. The van der Waals surface area contributed by atoms with Crippen LogP contribution in [0.5, 0.6) is 0 Å². The first-order valence-corrected chi connectivity index (χ1v) is 7.20. The van der Waals surface area contributed by atoms with Crippen LogP contribution >= 0.6 is 11.6 Å². The molecule has 2 unspecified atom stereocenters. The van der Waals surface area contributed by atoms with Crippen molar-refractivity contribution < 1.29 is 0 Å². The fraction of sp³-hybridized carbons (Fsp3) is 0.294. The van der Waals surface area contributed by atoms with Gasteiger partial charge in [-0.1, -0.05) is 60.1 Å². The first kappa shape index (κ1) is 11.5. The summed E-state index contributed by atoms with van der Waals surface area (Å²) in [5.74, 6) is 0. The minimum atomic E-state index is -0.492. The molecule has 2 aromatic carbocycles. The summed E-state index contributed by atoms with van der Waals surface area (Å²) >= 11 is 7.14. The van der Waals surface area contributed by atoms with E-state index >= 15 is 0 Å². The lowest BCUT2D eigenvalue weighted by atomic mass is 9.88. The van der Waals surface area contributed by atoms with Gasteiger partial charge in [0.05, 0.1) is 0 Å². The third-order valence-electron chi connectivity index (χ3n) is 4.69. The molecule has 1 nitrogen and oxygen atoms in total. The number of aryl methyl sites for hydroxylation is 1. The fourth-order valence-electron chi connectivity index (χ4n) is 3.74. The predicted molar refractivity (Wildman–Crippen MR) is 78.3 cm³/mol. The molecule has 0 aliphatic carbocycles. The Labute approximate surface area is 118 Å². The van der Waals surface area contributed by atoms with E-state index in [9.17, 15) is 0 Å². The van der Waals surface area contributed by atoms with Crippen molar-refractivity contribution in [2.24, 2.45) is 0 Å². The Kier molecular flexibility index (Phi) is 2.33. The Morgan fingerprint density at radius 1 is 1.05 bits per heavy atom. The molecule has 0 saturated heterocycles. The van der Waals surface area contributed by atoms with E-state index in [4.69, 9.17) is 11.6 Å². The van der Waals surface area contributed by atoms with Gasteiger partial charge in [-0.05, 0) is 42.1 Å². The molecule has 4 rings (SSSR count). The maximum absolute atomic E-state index is 7.14. The van der Waals surface area contributed by atoms with Crippen molar-refractivity contribution in [3.8, 4) is 0 Å². The van der Waals surface area contributed by atoms with Gasteiger partial charge in [0.1, 0.15) is 5.00 Å². The van der Waals surface area contributed by atoms with Crippen LogP contribution in [0.15, 0.2) is 48.5 Å². The molecule has 2 aliphatic rings. The van der Waals surface area contributed by atoms with E-state index < -0.39 is 5.00 Å². The number of hydrogen-bond donors (Lipinski definition) is 0. The Hall–Kier alpha value is -1.31. The van der Waals surface area contributed by atoms with Gasteiger partial charge in [-0.2, -0.15) is 0 Å². The van der Waals surface area contributed by atoms with Crippen molar-refractivity contribution >= 4 is 11.6 Å². The van der Waals surface area contributed by atoms with Crippen LogP contribution in [-0.4, -0.2) is 11.9 Å². The fourth-order valence-corrected chi connectivity index (χ4v) is 4.21. The second-order valence-corrected chi connectivity index (χ2v) is 6.08. The highest BCUT2D eigenvalue weighted by atomic mass is 35.5. The standard InChI is InChI=1S/C17H16ClN/c1-19-16-11-10-12-6-2-4-8-14(12)17(19,18)15-9-5-3-7-13(15)16/h2-9,16H,10-11H2,1H3. The summed E-state index contributed by atoms with van der Waals surface area (Å²) in [7, 11) is 2.15. The third kappa shape index (κ3) is 1.35. The minimum Gasteiger partial charge on any atom is -0.273 e. The van der Waals surface area contributed by atoms with Crippen LogP contribution in [0.2, 0.25) is 0 Å². The van der Waals surface area contributed by atoms with Gasteiger partial charge in [0.2, 0.25) is 0 Å². The predicted octanol–water partition coefficient (Wildman–Crippen LogP) is 4.06. The normalized spacial score (nSPS) is 28.6. The van der Waals surface area contributed by atoms with Crippen LogP contribution in [0.25, 0.3) is 0 Å². The van der Waals surface area contributed by atoms with Crippen molar-refractivity contribution in [1.29, 1.82) is 0 Å². The lowest BCUT2D eigenvalue weighted by Crippen LogP contribution is -2.35. The molecular formula is C17H16ClN. The third-order valence-corrected chi connectivity index (χ3v) is 5.37. The summed E-state index contributed by atoms with van der Waals surface area (Å²) < 4.78 is 0.